The highest BCUT2D eigenvalue weighted by Gasteiger charge is 2.21. The van der Waals surface area contributed by atoms with Crippen LogP contribution in [0.15, 0.2) is 0 Å². The molecule has 1 saturated heterocycles. The molecule has 0 bridgehead atoms. The largest absolute Gasteiger partial charge is 0.396 e. The van der Waals surface area contributed by atoms with Gasteiger partial charge in [-0.2, -0.15) is 0 Å². The maximum atomic E-state index is 8.84. The van der Waals surface area contributed by atoms with Crippen molar-refractivity contribution in [2.24, 2.45) is 5.92 Å². The molecule has 2 unspecified atom stereocenters. The van der Waals surface area contributed by atoms with Crippen LogP contribution in [0.3, 0.4) is 0 Å². The number of hydrogen-bond acceptors (Lipinski definition) is 3. The van der Waals surface area contributed by atoms with Gasteiger partial charge in [-0.25, -0.2) is 0 Å². The third-order valence-corrected chi connectivity index (χ3v) is 2.71. The zero-order chi connectivity index (χ0) is 8.81. The SMILES string of the molecule is CNC(CCO)C1CCCNC1. The summed E-state index contributed by atoms with van der Waals surface area (Å²) in [5, 5.41) is 15.5. The minimum atomic E-state index is 0.294. The van der Waals surface area contributed by atoms with E-state index in [2.05, 4.69) is 10.6 Å². The zero-order valence-corrected chi connectivity index (χ0v) is 7.84. The minimum Gasteiger partial charge on any atom is -0.396 e. The number of aliphatic hydroxyl groups excluding tert-OH is 1. The monoisotopic (exact) mass is 172 g/mol. The van der Waals surface area contributed by atoms with Gasteiger partial charge in [0.05, 0.1) is 0 Å². The van der Waals surface area contributed by atoms with Crippen molar-refractivity contribution in [3.8, 4) is 0 Å². The summed E-state index contributed by atoms with van der Waals surface area (Å²) in [7, 11) is 1.98. The highest BCUT2D eigenvalue weighted by Crippen LogP contribution is 2.16. The molecule has 1 aliphatic heterocycles. The van der Waals surface area contributed by atoms with Crippen LogP contribution in [0.1, 0.15) is 19.3 Å². The van der Waals surface area contributed by atoms with Crippen LogP contribution >= 0.6 is 0 Å². The van der Waals surface area contributed by atoms with Crippen molar-refractivity contribution < 1.29 is 5.11 Å². The second-order valence-electron chi connectivity index (χ2n) is 3.51. The van der Waals surface area contributed by atoms with Crippen molar-refractivity contribution in [2.45, 2.75) is 25.3 Å². The predicted molar refractivity (Wildman–Crippen MR) is 50.1 cm³/mol. The highest BCUT2D eigenvalue weighted by molar-refractivity contribution is 4.79. The van der Waals surface area contributed by atoms with Gasteiger partial charge in [0.2, 0.25) is 0 Å². The lowest BCUT2D eigenvalue weighted by molar-refractivity contribution is 0.220. The second kappa shape index (κ2) is 5.51. The molecule has 3 nitrogen and oxygen atoms in total. The molecule has 0 aromatic rings. The molecule has 72 valence electrons. The van der Waals surface area contributed by atoms with E-state index < -0.39 is 0 Å². The Morgan fingerprint density at radius 2 is 2.50 bits per heavy atom. The van der Waals surface area contributed by atoms with E-state index in [4.69, 9.17) is 5.11 Å². The number of piperidine rings is 1. The molecule has 1 heterocycles. The molecular formula is C9H20N2O. The fourth-order valence-electron chi connectivity index (χ4n) is 1.98. The highest BCUT2D eigenvalue weighted by atomic mass is 16.3. The van der Waals surface area contributed by atoms with Crippen LogP contribution in [-0.4, -0.2) is 37.9 Å². The third kappa shape index (κ3) is 2.73. The Labute approximate surface area is 74.5 Å². The van der Waals surface area contributed by atoms with E-state index in [1.807, 2.05) is 7.05 Å². The van der Waals surface area contributed by atoms with Gasteiger partial charge in [0.25, 0.3) is 0 Å². The molecule has 3 heteroatoms. The van der Waals surface area contributed by atoms with Crippen LogP contribution in [0, 0.1) is 5.92 Å². The summed E-state index contributed by atoms with van der Waals surface area (Å²) in [5.41, 5.74) is 0. The first-order valence-corrected chi connectivity index (χ1v) is 4.87. The van der Waals surface area contributed by atoms with Gasteiger partial charge < -0.3 is 15.7 Å². The number of rotatable bonds is 4. The fourth-order valence-corrected chi connectivity index (χ4v) is 1.98. The van der Waals surface area contributed by atoms with E-state index in [1.54, 1.807) is 0 Å². The molecule has 2 atom stereocenters. The Bertz CT molecular complexity index is 110. The summed E-state index contributed by atoms with van der Waals surface area (Å²) in [6.07, 6.45) is 3.44. The number of aliphatic hydroxyl groups is 1. The van der Waals surface area contributed by atoms with Gasteiger partial charge >= 0.3 is 0 Å². The molecule has 3 N–H and O–H groups in total. The molecule has 0 spiro atoms. The number of nitrogens with one attached hydrogen (secondary N) is 2. The van der Waals surface area contributed by atoms with Crippen molar-refractivity contribution in [1.82, 2.24) is 10.6 Å². The smallest absolute Gasteiger partial charge is 0.0445 e. The number of hydrogen-bond donors (Lipinski definition) is 3. The van der Waals surface area contributed by atoms with Gasteiger partial charge in [0.15, 0.2) is 0 Å². The van der Waals surface area contributed by atoms with Crippen LogP contribution in [0.5, 0.6) is 0 Å². The zero-order valence-electron chi connectivity index (χ0n) is 7.84. The normalized spacial score (nSPS) is 27.0. The molecule has 0 saturated carbocycles. The van der Waals surface area contributed by atoms with Gasteiger partial charge in [-0.3, -0.25) is 0 Å². The molecule has 1 fully saturated rings. The van der Waals surface area contributed by atoms with Crippen molar-refractivity contribution in [3.05, 3.63) is 0 Å². The first-order valence-electron chi connectivity index (χ1n) is 4.87. The molecular weight excluding hydrogens is 152 g/mol. The first kappa shape index (κ1) is 9.96. The van der Waals surface area contributed by atoms with E-state index in [9.17, 15) is 0 Å². The fraction of sp³-hybridized carbons (Fsp3) is 1.00. The molecule has 0 amide bonds. The van der Waals surface area contributed by atoms with Gasteiger partial charge in [-0.05, 0) is 45.3 Å². The minimum absolute atomic E-state index is 0.294. The average molecular weight is 172 g/mol. The van der Waals surface area contributed by atoms with Crippen LogP contribution in [0.2, 0.25) is 0 Å². The van der Waals surface area contributed by atoms with Gasteiger partial charge in [-0.1, -0.05) is 0 Å². The topological polar surface area (TPSA) is 44.3 Å². The Morgan fingerprint density at radius 3 is 3.00 bits per heavy atom. The van der Waals surface area contributed by atoms with Crippen molar-refractivity contribution in [2.75, 3.05) is 26.7 Å². The lowest BCUT2D eigenvalue weighted by Crippen LogP contribution is -2.43. The summed E-state index contributed by atoms with van der Waals surface area (Å²) in [4.78, 5) is 0. The third-order valence-electron chi connectivity index (χ3n) is 2.71. The summed E-state index contributed by atoms with van der Waals surface area (Å²) < 4.78 is 0. The summed E-state index contributed by atoms with van der Waals surface area (Å²) >= 11 is 0. The Kier molecular flexibility index (Phi) is 4.58. The standard InChI is InChI=1S/C9H20N2O/c1-10-9(4-6-12)8-3-2-5-11-7-8/h8-12H,2-7H2,1H3. The van der Waals surface area contributed by atoms with Crippen LogP contribution in [0.4, 0.5) is 0 Å². The molecule has 1 rings (SSSR count). The van der Waals surface area contributed by atoms with E-state index in [0.717, 1.165) is 19.5 Å². The van der Waals surface area contributed by atoms with Crippen molar-refractivity contribution >= 4 is 0 Å². The summed E-state index contributed by atoms with van der Waals surface area (Å²) in [5.74, 6) is 0.705. The summed E-state index contributed by atoms with van der Waals surface area (Å²) in [6, 6.07) is 0.489. The van der Waals surface area contributed by atoms with E-state index >= 15 is 0 Å². The predicted octanol–water partition coefficient (Wildman–Crippen LogP) is -0.0436. The van der Waals surface area contributed by atoms with Crippen LogP contribution < -0.4 is 10.6 Å². The van der Waals surface area contributed by atoms with Crippen molar-refractivity contribution in [3.63, 3.8) is 0 Å². The van der Waals surface area contributed by atoms with Crippen LogP contribution in [0.25, 0.3) is 0 Å². The van der Waals surface area contributed by atoms with Gasteiger partial charge in [0, 0.05) is 12.6 Å². The Balaban J connectivity index is 2.29. The van der Waals surface area contributed by atoms with Gasteiger partial charge in [-0.15, -0.1) is 0 Å². The van der Waals surface area contributed by atoms with E-state index in [0.29, 0.717) is 18.6 Å². The van der Waals surface area contributed by atoms with Crippen LogP contribution in [-0.2, 0) is 0 Å². The van der Waals surface area contributed by atoms with E-state index in [1.165, 1.54) is 12.8 Å². The first-order chi connectivity index (χ1) is 5.88. The Hall–Kier alpha value is -0.120. The summed E-state index contributed by atoms with van der Waals surface area (Å²) in [6.45, 7) is 2.56. The molecule has 0 aromatic heterocycles. The molecule has 0 aliphatic carbocycles. The van der Waals surface area contributed by atoms with Gasteiger partial charge in [0.1, 0.15) is 0 Å². The lowest BCUT2D eigenvalue weighted by atomic mass is 9.90. The Morgan fingerprint density at radius 1 is 1.67 bits per heavy atom. The molecule has 1 aliphatic rings. The van der Waals surface area contributed by atoms with Crippen molar-refractivity contribution in [1.29, 1.82) is 0 Å². The molecule has 0 radical (unpaired) electrons. The molecule has 12 heavy (non-hydrogen) atoms. The molecule has 0 aromatic carbocycles. The average Bonchev–Trinajstić information content (AvgIpc) is 2.15. The maximum Gasteiger partial charge on any atom is 0.0445 e. The van der Waals surface area contributed by atoms with E-state index in [-0.39, 0.29) is 0 Å². The lowest BCUT2D eigenvalue weighted by Gasteiger charge is -2.30. The maximum absolute atomic E-state index is 8.84. The quantitative estimate of drug-likeness (QED) is 0.557. The second-order valence-corrected chi connectivity index (χ2v) is 3.51.